The lowest BCUT2D eigenvalue weighted by molar-refractivity contribution is 0.236. The van der Waals surface area contributed by atoms with Crippen molar-refractivity contribution in [2.45, 2.75) is 0 Å². The molecule has 0 aromatic carbocycles. The van der Waals surface area contributed by atoms with E-state index in [9.17, 15) is 0 Å². The van der Waals surface area contributed by atoms with E-state index < -0.39 is 0 Å². The molecule has 0 saturated carbocycles. The molecule has 0 N–H and O–H groups in total. The molecule has 3 nitrogen and oxygen atoms in total. The second-order valence-electron chi connectivity index (χ2n) is 1.81. The van der Waals surface area contributed by atoms with Gasteiger partial charge in [-0.3, -0.25) is 0 Å². The molecule has 0 aliphatic carbocycles. The molecule has 56 valence electrons. The lowest BCUT2D eigenvalue weighted by atomic mass is 10.5. The summed E-state index contributed by atoms with van der Waals surface area (Å²) in [5, 5.41) is 1.89. The highest BCUT2D eigenvalue weighted by Crippen LogP contribution is 2.13. The van der Waals surface area contributed by atoms with Crippen LogP contribution in [0.25, 0.3) is 0 Å². The first-order chi connectivity index (χ1) is 4.83. The van der Waals surface area contributed by atoms with Crippen LogP contribution in [0.15, 0.2) is 11.1 Å². The quantitative estimate of drug-likeness (QED) is 0.527. The molecule has 4 heteroatoms. The predicted octanol–water partition coefficient (Wildman–Crippen LogP) is -0.325. The minimum absolute atomic E-state index is 0.0593. The van der Waals surface area contributed by atoms with Crippen molar-refractivity contribution in [2.75, 3.05) is 21.3 Å². The molecule has 0 amide bonds. The van der Waals surface area contributed by atoms with E-state index >= 15 is 0 Å². The number of methoxy groups -OCH3 is 3. The minimum Gasteiger partial charge on any atom is -0.498 e. The Balaban J connectivity index is 2.60. The standard InChI is InChI=1S/C6H10O3Si/c1-7-4-5(8-2)10-6(4)9-3/h10H,1-3H3. The van der Waals surface area contributed by atoms with E-state index in [0.717, 1.165) is 16.5 Å². The molecule has 1 aliphatic heterocycles. The zero-order valence-electron chi connectivity index (χ0n) is 6.30. The van der Waals surface area contributed by atoms with Crippen LogP contribution in [0, 0.1) is 0 Å². The van der Waals surface area contributed by atoms with Gasteiger partial charge in [0.05, 0.1) is 21.3 Å². The molecule has 0 bridgehead atoms. The van der Waals surface area contributed by atoms with Crippen LogP contribution < -0.4 is 0 Å². The van der Waals surface area contributed by atoms with Crippen LogP contribution in [0.1, 0.15) is 0 Å². The Morgan fingerprint density at radius 3 is 2.10 bits per heavy atom. The molecule has 1 rings (SSSR count). The summed E-state index contributed by atoms with van der Waals surface area (Å²) >= 11 is 0. The SMILES string of the molecule is COC1=[SiH]C(OC)=C1OC. The predicted molar refractivity (Wildman–Crippen MR) is 40.2 cm³/mol. The molecule has 1 heterocycles. The first kappa shape index (κ1) is 7.34. The first-order valence-corrected chi connectivity index (χ1v) is 4.07. The summed E-state index contributed by atoms with van der Waals surface area (Å²) in [6, 6.07) is 0. The van der Waals surface area contributed by atoms with Gasteiger partial charge in [0.25, 0.3) is 0 Å². The normalized spacial score (nSPS) is 15.7. The Labute approximate surface area is 62.0 Å². The van der Waals surface area contributed by atoms with Crippen LogP contribution in [0.4, 0.5) is 0 Å². The molecular formula is C6H10O3Si. The molecule has 0 aromatic heterocycles. The number of hydrogen-bond donors (Lipinski definition) is 0. The highest BCUT2D eigenvalue weighted by atomic mass is 28.2. The largest absolute Gasteiger partial charge is 0.498 e. The summed E-state index contributed by atoms with van der Waals surface area (Å²) in [4.78, 5) is 0. The van der Waals surface area contributed by atoms with Gasteiger partial charge < -0.3 is 14.2 Å². The summed E-state index contributed by atoms with van der Waals surface area (Å²) in [6.07, 6.45) is 0. The van der Waals surface area contributed by atoms with Gasteiger partial charge in [-0.2, -0.15) is 0 Å². The van der Waals surface area contributed by atoms with Gasteiger partial charge in [-0.1, -0.05) is 0 Å². The fourth-order valence-corrected chi connectivity index (χ4v) is 1.82. The van der Waals surface area contributed by atoms with Gasteiger partial charge in [-0.05, 0) is 0 Å². The fraction of sp³-hybridized carbons (Fsp3) is 0.500. The molecule has 0 atom stereocenters. The minimum atomic E-state index is 0.0593. The summed E-state index contributed by atoms with van der Waals surface area (Å²) in [7, 11) is 4.97. The topological polar surface area (TPSA) is 27.7 Å². The summed E-state index contributed by atoms with van der Waals surface area (Å²) in [6.45, 7) is 0. The van der Waals surface area contributed by atoms with Gasteiger partial charge in [0.15, 0.2) is 5.76 Å². The van der Waals surface area contributed by atoms with Gasteiger partial charge in [-0.25, -0.2) is 0 Å². The zero-order chi connectivity index (χ0) is 7.56. The smallest absolute Gasteiger partial charge is 0.191 e. The maximum atomic E-state index is 5.01. The second kappa shape index (κ2) is 2.87. The zero-order valence-corrected chi connectivity index (χ0v) is 7.46. The fourth-order valence-electron chi connectivity index (χ4n) is 0.798. The highest BCUT2D eigenvalue weighted by Gasteiger charge is 2.22. The third kappa shape index (κ3) is 0.944. The molecule has 0 aromatic rings. The van der Waals surface area contributed by atoms with Crippen LogP contribution in [0.3, 0.4) is 0 Å². The van der Waals surface area contributed by atoms with E-state index in [4.69, 9.17) is 14.2 Å². The van der Waals surface area contributed by atoms with E-state index in [1.165, 1.54) is 0 Å². The Hall–Kier alpha value is -0.773. The van der Waals surface area contributed by atoms with E-state index in [0.29, 0.717) is 0 Å². The van der Waals surface area contributed by atoms with Crippen molar-refractivity contribution in [3.63, 3.8) is 0 Å². The van der Waals surface area contributed by atoms with Crippen LogP contribution in [-0.4, -0.2) is 35.8 Å². The van der Waals surface area contributed by atoms with Crippen LogP contribution in [0.5, 0.6) is 0 Å². The molecule has 10 heavy (non-hydrogen) atoms. The maximum absolute atomic E-state index is 5.01. The summed E-state index contributed by atoms with van der Waals surface area (Å²) in [5.41, 5.74) is 0. The molecule has 0 spiro atoms. The third-order valence-electron chi connectivity index (χ3n) is 1.35. The van der Waals surface area contributed by atoms with Crippen LogP contribution in [-0.2, 0) is 14.2 Å². The monoisotopic (exact) mass is 158 g/mol. The van der Waals surface area contributed by atoms with Gasteiger partial charge in [0, 0.05) is 0 Å². The maximum Gasteiger partial charge on any atom is 0.191 e. The van der Waals surface area contributed by atoms with E-state index in [1.54, 1.807) is 21.3 Å². The highest BCUT2D eigenvalue weighted by molar-refractivity contribution is 6.67. The average molecular weight is 158 g/mol. The van der Waals surface area contributed by atoms with Gasteiger partial charge in [-0.15, -0.1) is 0 Å². The van der Waals surface area contributed by atoms with Crippen molar-refractivity contribution in [3.05, 3.63) is 11.1 Å². The third-order valence-corrected chi connectivity index (χ3v) is 2.87. The van der Waals surface area contributed by atoms with Crippen molar-refractivity contribution in [1.29, 1.82) is 0 Å². The molecule has 0 saturated heterocycles. The summed E-state index contributed by atoms with van der Waals surface area (Å²) in [5.74, 6) is 0.778. The Bertz CT molecular complexity index is 195. The lowest BCUT2D eigenvalue weighted by Crippen LogP contribution is -2.26. The van der Waals surface area contributed by atoms with Gasteiger partial charge in [0.1, 0.15) is 19.9 Å². The van der Waals surface area contributed by atoms with Gasteiger partial charge >= 0.3 is 0 Å². The second-order valence-corrected chi connectivity index (χ2v) is 3.15. The van der Waals surface area contributed by atoms with Crippen LogP contribution in [0.2, 0.25) is 0 Å². The Morgan fingerprint density at radius 1 is 1.00 bits per heavy atom. The van der Waals surface area contributed by atoms with E-state index in [2.05, 4.69) is 0 Å². The van der Waals surface area contributed by atoms with Crippen molar-refractivity contribution < 1.29 is 14.2 Å². The lowest BCUT2D eigenvalue weighted by Gasteiger charge is -2.19. The first-order valence-electron chi connectivity index (χ1n) is 2.91. The van der Waals surface area contributed by atoms with Crippen molar-refractivity contribution in [2.24, 2.45) is 0 Å². The number of hydrogen-bond acceptors (Lipinski definition) is 3. The molecule has 0 radical (unpaired) electrons. The van der Waals surface area contributed by atoms with Crippen molar-refractivity contribution >= 4 is 14.5 Å². The number of ether oxygens (including phenoxy) is 3. The Morgan fingerprint density at radius 2 is 1.70 bits per heavy atom. The number of rotatable bonds is 3. The van der Waals surface area contributed by atoms with Crippen molar-refractivity contribution in [3.8, 4) is 0 Å². The molecular weight excluding hydrogens is 148 g/mol. The van der Waals surface area contributed by atoms with Crippen LogP contribution >= 0.6 is 0 Å². The molecule has 0 unspecified atom stereocenters. The Kier molecular flexibility index (Phi) is 2.11. The summed E-state index contributed by atoms with van der Waals surface area (Å²) < 4.78 is 15.0. The average Bonchev–Trinajstić information content (AvgIpc) is 1.89. The van der Waals surface area contributed by atoms with Crippen molar-refractivity contribution in [1.82, 2.24) is 0 Å². The van der Waals surface area contributed by atoms with E-state index in [-0.39, 0.29) is 9.13 Å². The molecule has 1 aliphatic rings. The van der Waals surface area contributed by atoms with E-state index in [1.807, 2.05) is 0 Å². The molecule has 0 fully saturated rings. The van der Waals surface area contributed by atoms with Gasteiger partial charge in [0.2, 0.25) is 0 Å².